The van der Waals surface area contributed by atoms with Gasteiger partial charge in [-0.25, -0.2) is 4.79 Å². The summed E-state index contributed by atoms with van der Waals surface area (Å²) in [5, 5.41) is 10.1. The highest BCUT2D eigenvalue weighted by atomic mass is 32.2. The molecule has 0 bridgehead atoms. The topological polar surface area (TPSA) is 103 Å². The second-order valence-electron chi connectivity index (χ2n) is 3.99. The molecule has 1 aromatic rings. The summed E-state index contributed by atoms with van der Waals surface area (Å²) in [6.45, 7) is 0.265. The second kappa shape index (κ2) is 4.52. The third-order valence-electron chi connectivity index (χ3n) is 2.87. The van der Waals surface area contributed by atoms with Crippen LogP contribution in [0.1, 0.15) is 6.23 Å². The Bertz CT molecular complexity index is 556. The van der Waals surface area contributed by atoms with Gasteiger partial charge in [-0.3, -0.25) is 22.7 Å². The molecule has 0 spiro atoms. The number of aromatic amines is 1. The van der Waals surface area contributed by atoms with E-state index in [1.54, 1.807) is 0 Å². The number of hydrogen-bond donors (Lipinski definition) is 2. The first kappa shape index (κ1) is 11.9. The molecule has 0 aromatic carbocycles. The molecule has 0 aliphatic carbocycles. The molecule has 0 radical (unpaired) electrons. The third-order valence-corrected chi connectivity index (χ3v) is 3.40. The lowest BCUT2D eigenvalue weighted by Crippen LogP contribution is -2.39. The van der Waals surface area contributed by atoms with Crippen LogP contribution in [0.5, 0.6) is 0 Å². The molecule has 0 unspecified atom stereocenters. The van der Waals surface area contributed by atoms with Gasteiger partial charge in [0.2, 0.25) is 0 Å². The summed E-state index contributed by atoms with van der Waals surface area (Å²) in [4.78, 5) is 24.7. The number of hydrogen-bond acceptors (Lipinski definition) is 7. The number of fused-ring (bicyclic) bond motifs is 1. The van der Waals surface area contributed by atoms with Crippen molar-refractivity contribution in [3.05, 3.63) is 33.1 Å². The van der Waals surface area contributed by atoms with Crippen LogP contribution in [0.3, 0.4) is 0 Å². The van der Waals surface area contributed by atoms with E-state index in [1.807, 2.05) is 0 Å². The van der Waals surface area contributed by atoms with Crippen molar-refractivity contribution < 1.29 is 18.2 Å². The monoisotopic (exact) mass is 274 g/mol. The standard InChI is InChI=1S/C9H10N2O6S/c12-5-1-2-11(9(14)10-5)8-6(13)7-4(16-8)3-15-18-17-7/h1-2,4,6-8,13H,3H2,(H,10,12,14)/t4-,6-,7-,8-/m1/s1. The van der Waals surface area contributed by atoms with E-state index >= 15 is 0 Å². The van der Waals surface area contributed by atoms with Crippen LogP contribution >= 0.6 is 12.3 Å². The normalized spacial score (nSPS) is 35.4. The highest BCUT2D eigenvalue weighted by Crippen LogP contribution is 2.36. The minimum atomic E-state index is -1.00. The maximum Gasteiger partial charge on any atom is 0.330 e. The molecule has 2 aliphatic rings. The van der Waals surface area contributed by atoms with E-state index in [0.29, 0.717) is 0 Å². The molecule has 0 saturated carbocycles. The quantitative estimate of drug-likeness (QED) is 0.618. The number of aliphatic hydroxyl groups is 1. The molecule has 0 amide bonds. The average Bonchev–Trinajstić information content (AvgIpc) is 2.68. The van der Waals surface area contributed by atoms with Crippen LogP contribution in [-0.2, 0) is 13.1 Å². The number of aromatic nitrogens is 2. The van der Waals surface area contributed by atoms with Crippen molar-refractivity contribution in [1.82, 2.24) is 9.55 Å². The van der Waals surface area contributed by atoms with E-state index in [-0.39, 0.29) is 6.61 Å². The summed E-state index contributed by atoms with van der Waals surface area (Å²) in [7, 11) is 0. The van der Waals surface area contributed by atoms with Crippen molar-refractivity contribution in [2.24, 2.45) is 0 Å². The van der Waals surface area contributed by atoms with Crippen LogP contribution in [0.2, 0.25) is 0 Å². The van der Waals surface area contributed by atoms with E-state index in [1.165, 1.54) is 12.3 Å². The predicted octanol–water partition coefficient (Wildman–Crippen LogP) is -1.23. The Morgan fingerprint density at radius 2 is 2.33 bits per heavy atom. The fraction of sp³-hybridized carbons (Fsp3) is 0.556. The lowest BCUT2D eigenvalue weighted by Gasteiger charge is -2.22. The molecule has 8 nitrogen and oxygen atoms in total. The Hall–Kier alpha value is -1.13. The lowest BCUT2D eigenvalue weighted by molar-refractivity contribution is -0.0536. The number of nitrogens with one attached hydrogen (secondary N) is 1. The second-order valence-corrected chi connectivity index (χ2v) is 4.55. The molecular formula is C9H10N2O6S. The first-order valence-corrected chi connectivity index (χ1v) is 5.93. The van der Waals surface area contributed by atoms with Crippen LogP contribution in [-0.4, -0.2) is 39.6 Å². The summed E-state index contributed by atoms with van der Waals surface area (Å²) in [6.07, 6.45) is -1.63. The van der Waals surface area contributed by atoms with Crippen molar-refractivity contribution >= 4 is 12.3 Å². The number of nitrogens with zero attached hydrogens (tertiary/aromatic N) is 1. The third kappa shape index (κ3) is 1.89. The van der Waals surface area contributed by atoms with Crippen molar-refractivity contribution in [3.8, 4) is 0 Å². The van der Waals surface area contributed by atoms with Gasteiger partial charge in [0.25, 0.3) is 5.56 Å². The van der Waals surface area contributed by atoms with Crippen molar-refractivity contribution in [2.75, 3.05) is 6.61 Å². The maximum atomic E-state index is 11.6. The molecule has 3 heterocycles. The molecule has 3 rings (SSSR count). The van der Waals surface area contributed by atoms with Gasteiger partial charge >= 0.3 is 5.69 Å². The van der Waals surface area contributed by atoms with Crippen molar-refractivity contribution in [1.29, 1.82) is 0 Å². The van der Waals surface area contributed by atoms with Gasteiger partial charge in [0.15, 0.2) is 18.6 Å². The first-order valence-electron chi connectivity index (χ1n) is 5.27. The molecular weight excluding hydrogens is 264 g/mol. The molecule has 4 atom stereocenters. The zero-order valence-corrected chi connectivity index (χ0v) is 9.83. The van der Waals surface area contributed by atoms with Gasteiger partial charge < -0.3 is 9.84 Å². The molecule has 2 N–H and O–H groups in total. The van der Waals surface area contributed by atoms with Crippen molar-refractivity contribution in [3.63, 3.8) is 0 Å². The van der Waals surface area contributed by atoms with Gasteiger partial charge in [0.05, 0.1) is 6.61 Å². The Labute approximate surface area is 105 Å². The highest BCUT2D eigenvalue weighted by Gasteiger charge is 2.48. The van der Waals surface area contributed by atoms with E-state index in [2.05, 4.69) is 4.98 Å². The Morgan fingerprint density at radius 3 is 3.06 bits per heavy atom. The van der Waals surface area contributed by atoms with Gasteiger partial charge in [0, 0.05) is 12.3 Å². The molecule has 2 saturated heterocycles. The molecule has 18 heavy (non-hydrogen) atoms. The fourth-order valence-corrected chi connectivity index (χ4v) is 2.57. The Balaban J connectivity index is 1.93. The lowest BCUT2D eigenvalue weighted by atomic mass is 10.1. The van der Waals surface area contributed by atoms with E-state index in [4.69, 9.17) is 13.1 Å². The minimum Gasteiger partial charge on any atom is -0.386 e. The van der Waals surface area contributed by atoms with Gasteiger partial charge in [-0.2, -0.15) is 0 Å². The molecule has 2 aliphatic heterocycles. The zero-order valence-electron chi connectivity index (χ0n) is 9.02. The maximum absolute atomic E-state index is 11.6. The fourth-order valence-electron chi connectivity index (χ4n) is 2.00. The largest absolute Gasteiger partial charge is 0.386 e. The minimum absolute atomic E-state index is 0.265. The molecule has 9 heteroatoms. The van der Waals surface area contributed by atoms with Crippen LogP contribution in [0.15, 0.2) is 21.9 Å². The average molecular weight is 274 g/mol. The Morgan fingerprint density at radius 1 is 1.50 bits per heavy atom. The van der Waals surface area contributed by atoms with E-state index < -0.39 is 35.8 Å². The first-order chi connectivity index (χ1) is 8.66. The zero-order chi connectivity index (χ0) is 12.7. The van der Waals surface area contributed by atoms with Gasteiger partial charge in [-0.05, 0) is 0 Å². The highest BCUT2D eigenvalue weighted by molar-refractivity contribution is 7.89. The van der Waals surface area contributed by atoms with Gasteiger partial charge in [-0.15, -0.1) is 0 Å². The van der Waals surface area contributed by atoms with Crippen LogP contribution in [0, 0.1) is 0 Å². The van der Waals surface area contributed by atoms with E-state index in [0.717, 1.165) is 16.9 Å². The smallest absolute Gasteiger partial charge is 0.330 e. The summed E-state index contributed by atoms with van der Waals surface area (Å²) in [5.41, 5.74) is -1.14. The number of aliphatic hydroxyl groups excluding tert-OH is 1. The molecule has 1 aromatic heterocycles. The van der Waals surface area contributed by atoms with Gasteiger partial charge in [-0.1, -0.05) is 0 Å². The molecule has 98 valence electrons. The Kier molecular flexibility index (Phi) is 2.99. The van der Waals surface area contributed by atoms with Crippen LogP contribution in [0.25, 0.3) is 0 Å². The summed E-state index contributed by atoms with van der Waals surface area (Å²) in [6, 6.07) is 1.19. The summed E-state index contributed by atoms with van der Waals surface area (Å²) in [5.74, 6) is 0. The predicted molar refractivity (Wildman–Crippen MR) is 59.7 cm³/mol. The number of rotatable bonds is 1. The summed E-state index contributed by atoms with van der Waals surface area (Å²) >= 11 is 0.794. The number of H-pyrrole nitrogens is 1. The van der Waals surface area contributed by atoms with Crippen LogP contribution < -0.4 is 11.2 Å². The summed E-state index contributed by atoms with van der Waals surface area (Å²) < 4.78 is 16.8. The van der Waals surface area contributed by atoms with Crippen LogP contribution in [0.4, 0.5) is 0 Å². The molecule has 2 fully saturated rings. The van der Waals surface area contributed by atoms with E-state index in [9.17, 15) is 14.7 Å². The number of ether oxygens (including phenoxy) is 1. The SMILES string of the molecule is O=c1ccn([C@@H]2O[C@@H]3COSO[C@H]3[C@H]2O)c(=O)[nH]1. The van der Waals surface area contributed by atoms with Crippen molar-refractivity contribution in [2.45, 2.75) is 24.5 Å². The van der Waals surface area contributed by atoms with Gasteiger partial charge in [0.1, 0.15) is 18.3 Å².